The molecule has 3 amide bonds. The number of halogens is 1. The van der Waals surface area contributed by atoms with E-state index in [0.717, 1.165) is 17.1 Å². The van der Waals surface area contributed by atoms with Crippen LogP contribution in [-0.2, 0) is 4.79 Å². The molecule has 0 bridgehead atoms. The molecule has 0 unspecified atom stereocenters. The van der Waals surface area contributed by atoms with E-state index in [2.05, 4.69) is 9.69 Å². The van der Waals surface area contributed by atoms with Gasteiger partial charge in [0.15, 0.2) is 5.69 Å². The lowest BCUT2D eigenvalue weighted by Crippen LogP contribution is -2.49. The van der Waals surface area contributed by atoms with E-state index in [1.54, 1.807) is 36.4 Å². The van der Waals surface area contributed by atoms with Gasteiger partial charge in [-0.15, -0.1) is 0 Å². The van der Waals surface area contributed by atoms with Crippen LogP contribution in [0.2, 0.25) is 5.02 Å². The molecule has 1 aromatic heterocycles. The van der Waals surface area contributed by atoms with Crippen LogP contribution in [0.4, 0.5) is 11.4 Å². The lowest BCUT2D eigenvalue weighted by atomic mass is 10.00. The number of ether oxygens (including phenoxy) is 1. The van der Waals surface area contributed by atoms with Crippen molar-refractivity contribution in [2.24, 2.45) is 5.73 Å². The number of nitrogens with one attached hydrogen (secondary N) is 1. The normalized spacial score (nSPS) is 12.1. The van der Waals surface area contributed by atoms with Crippen LogP contribution in [-0.4, -0.2) is 34.7 Å². The molecule has 9 nitrogen and oxygen atoms in total. The second-order valence-electron chi connectivity index (χ2n) is 9.18. The molecule has 1 atom stereocenters. The van der Waals surface area contributed by atoms with Gasteiger partial charge in [-0.3, -0.25) is 19.3 Å². The predicted octanol–water partition coefficient (Wildman–Crippen LogP) is 4.10. The Morgan fingerprint density at radius 2 is 1.78 bits per heavy atom. The van der Waals surface area contributed by atoms with Crippen LogP contribution in [0.1, 0.15) is 58.1 Å². The Kier molecular flexibility index (Phi) is 7.90. The number of benzene rings is 2. The van der Waals surface area contributed by atoms with Crippen molar-refractivity contribution in [3.8, 4) is 5.75 Å². The number of hydrogen-bond donors (Lipinski definition) is 3. The summed E-state index contributed by atoms with van der Waals surface area (Å²) >= 11 is 6.84. The third kappa shape index (κ3) is 5.77. The number of amides is 3. The van der Waals surface area contributed by atoms with Gasteiger partial charge in [0.1, 0.15) is 16.7 Å². The van der Waals surface area contributed by atoms with Gasteiger partial charge < -0.3 is 21.5 Å². The minimum Gasteiger partial charge on any atom is -0.495 e. The summed E-state index contributed by atoms with van der Waals surface area (Å²) in [7, 11) is 1.47. The Morgan fingerprint density at radius 3 is 2.31 bits per heavy atom. The average Bonchev–Trinajstić information content (AvgIpc) is 3.18. The minimum absolute atomic E-state index is 0.0325. The Hall–Kier alpha value is -3.63. The average molecular weight is 530 g/mol. The van der Waals surface area contributed by atoms with E-state index in [-0.39, 0.29) is 16.3 Å². The fourth-order valence-electron chi connectivity index (χ4n) is 3.59. The number of carbonyl (C=O) groups excluding carboxylic acids is 3. The largest absolute Gasteiger partial charge is 0.495 e. The summed E-state index contributed by atoms with van der Waals surface area (Å²) in [6, 6.07) is 10.7. The van der Waals surface area contributed by atoms with Crippen LogP contribution in [0.5, 0.6) is 5.75 Å². The number of carbonyl (C=O) groups is 3. The summed E-state index contributed by atoms with van der Waals surface area (Å²) in [5.74, 6) is -1.60. The van der Waals surface area contributed by atoms with E-state index < -0.39 is 29.3 Å². The molecule has 190 valence electrons. The Bertz CT molecular complexity index is 1300. The van der Waals surface area contributed by atoms with Crippen molar-refractivity contribution in [3.63, 3.8) is 0 Å². The highest BCUT2D eigenvalue weighted by Crippen LogP contribution is 2.39. The molecule has 0 saturated carbocycles. The first-order chi connectivity index (χ1) is 16.8. The summed E-state index contributed by atoms with van der Waals surface area (Å²) in [4.78, 5) is 40.9. The molecule has 0 spiro atoms. The summed E-state index contributed by atoms with van der Waals surface area (Å²) in [5, 5.41) is 3.42. The molecule has 0 aliphatic carbocycles. The smallest absolute Gasteiger partial charge is 0.273 e. The Labute approximate surface area is 218 Å². The van der Waals surface area contributed by atoms with Gasteiger partial charge in [0.25, 0.3) is 11.8 Å². The first-order valence-corrected chi connectivity index (χ1v) is 12.1. The minimum atomic E-state index is -1.15. The van der Waals surface area contributed by atoms with Crippen LogP contribution in [0.15, 0.2) is 42.5 Å². The summed E-state index contributed by atoms with van der Waals surface area (Å²) in [6.07, 6.45) is 0. The number of aromatic nitrogens is 1. The van der Waals surface area contributed by atoms with Crippen molar-refractivity contribution >= 4 is 52.2 Å². The van der Waals surface area contributed by atoms with Crippen LogP contribution < -0.4 is 26.4 Å². The fourth-order valence-corrected chi connectivity index (χ4v) is 4.46. The molecule has 1 heterocycles. The second kappa shape index (κ2) is 10.5. The lowest BCUT2D eigenvalue weighted by molar-refractivity contribution is -0.123. The number of primary amides is 1. The number of methoxy groups -OCH3 is 1. The molecule has 3 aromatic rings. The first-order valence-electron chi connectivity index (χ1n) is 10.9. The molecule has 0 radical (unpaired) electrons. The van der Waals surface area contributed by atoms with E-state index in [1.807, 2.05) is 33.8 Å². The standard InChI is InChI=1S/C25H28ClN5O4S/c1-13-6-11-17(35-5)16(12-13)31(24(34)21-18(27)19(22(28)32)30-36-21)20(23(33)29-25(2,3)4)14-7-9-15(26)10-8-14/h6-12,20H,27H2,1-5H3,(H2,28,32)(H,29,33)/t20-/m0/s1. The van der Waals surface area contributed by atoms with Crippen LogP contribution in [0, 0.1) is 6.92 Å². The number of nitrogens with two attached hydrogens (primary N) is 2. The van der Waals surface area contributed by atoms with Gasteiger partial charge in [0.2, 0.25) is 5.91 Å². The number of anilines is 2. The quantitative estimate of drug-likeness (QED) is 0.421. The molecule has 0 aliphatic heterocycles. The van der Waals surface area contributed by atoms with Gasteiger partial charge in [-0.05, 0) is 74.6 Å². The number of aryl methyl sites for hydroxylation is 1. The third-order valence-corrected chi connectivity index (χ3v) is 6.26. The van der Waals surface area contributed by atoms with Gasteiger partial charge in [0.05, 0.1) is 18.5 Å². The maximum atomic E-state index is 14.1. The maximum Gasteiger partial charge on any atom is 0.273 e. The number of nitrogens with zero attached hydrogens (tertiary/aromatic N) is 2. The number of hydrogen-bond acceptors (Lipinski definition) is 7. The molecule has 5 N–H and O–H groups in total. The van der Waals surface area contributed by atoms with E-state index in [9.17, 15) is 14.4 Å². The van der Waals surface area contributed by atoms with Crippen molar-refractivity contribution in [1.82, 2.24) is 9.69 Å². The molecular formula is C25H28ClN5O4S. The Morgan fingerprint density at radius 1 is 1.14 bits per heavy atom. The van der Waals surface area contributed by atoms with Gasteiger partial charge in [-0.25, -0.2) is 0 Å². The fraction of sp³-hybridized carbons (Fsp3) is 0.280. The molecular weight excluding hydrogens is 502 g/mol. The van der Waals surface area contributed by atoms with E-state index in [1.165, 1.54) is 12.0 Å². The van der Waals surface area contributed by atoms with Crippen molar-refractivity contribution in [2.75, 3.05) is 17.7 Å². The highest BCUT2D eigenvalue weighted by molar-refractivity contribution is 7.09. The summed E-state index contributed by atoms with van der Waals surface area (Å²) in [6.45, 7) is 7.36. The summed E-state index contributed by atoms with van der Waals surface area (Å²) < 4.78 is 9.53. The van der Waals surface area contributed by atoms with E-state index in [0.29, 0.717) is 22.0 Å². The van der Waals surface area contributed by atoms with Gasteiger partial charge in [-0.1, -0.05) is 29.8 Å². The third-order valence-electron chi connectivity index (χ3n) is 5.16. The van der Waals surface area contributed by atoms with E-state index >= 15 is 0 Å². The van der Waals surface area contributed by atoms with Crippen LogP contribution in [0.3, 0.4) is 0 Å². The zero-order chi connectivity index (χ0) is 26.8. The van der Waals surface area contributed by atoms with Crippen molar-refractivity contribution in [2.45, 2.75) is 39.3 Å². The number of rotatable bonds is 7. The number of nitrogen functional groups attached to an aromatic ring is 1. The highest BCUT2D eigenvalue weighted by atomic mass is 35.5. The van der Waals surface area contributed by atoms with Gasteiger partial charge in [0, 0.05) is 10.6 Å². The molecule has 0 fully saturated rings. The molecule has 0 aliphatic rings. The summed E-state index contributed by atoms with van der Waals surface area (Å²) in [5.41, 5.74) is 12.2. The highest BCUT2D eigenvalue weighted by Gasteiger charge is 2.38. The van der Waals surface area contributed by atoms with Gasteiger partial charge in [-0.2, -0.15) is 4.37 Å². The molecule has 3 rings (SSSR count). The zero-order valence-electron chi connectivity index (χ0n) is 20.6. The second-order valence-corrected chi connectivity index (χ2v) is 10.4. The lowest BCUT2D eigenvalue weighted by Gasteiger charge is -2.34. The predicted molar refractivity (Wildman–Crippen MR) is 142 cm³/mol. The molecule has 36 heavy (non-hydrogen) atoms. The SMILES string of the molecule is COc1ccc(C)cc1N(C(=O)c1snc(C(N)=O)c1N)[C@H](C(=O)NC(C)(C)C)c1ccc(Cl)cc1. The van der Waals surface area contributed by atoms with Crippen molar-refractivity contribution in [3.05, 3.63) is 69.2 Å². The Balaban J connectivity index is 2.32. The van der Waals surface area contributed by atoms with Crippen molar-refractivity contribution in [1.29, 1.82) is 0 Å². The van der Waals surface area contributed by atoms with Crippen molar-refractivity contribution < 1.29 is 19.1 Å². The van der Waals surface area contributed by atoms with E-state index in [4.69, 9.17) is 27.8 Å². The topological polar surface area (TPSA) is 141 Å². The molecule has 0 saturated heterocycles. The maximum absolute atomic E-state index is 14.1. The zero-order valence-corrected chi connectivity index (χ0v) is 22.2. The molecule has 11 heteroatoms. The monoisotopic (exact) mass is 529 g/mol. The van der Waals surface area contributed by atoms with Crippen LogP contribution >= 0.6 is 23.1 Å². The van der Waals surface area contributed by atoms with Crippen LogP contribution in [0.25, 0.3) is 0 Å². The van der Waals surface area contributed by atoms with Gasteiger partial charge >= 0.3 is 0 Å². The molecule has 2 aromatic carbocycles. The first kappa shape index (κ1) is 27.0.